The van der Waals surface area contributed by atoms with Gasteiger partial charge in [-0.15, -0.1) is 0 Å². The maximum absolute atomic E-state index is 11.5. The maximum Gasteiger partial charge on any atom is 0.306 e. The molecule has 5 nitrogen and oxygen atoms in total. The van der Waals surface area contributed by atoms with E-state index in [0.29, 0.717) is 13.0 Å². The summed E-state index contributed by atoms with van der Waals surface area (Å²) in [5, 5.41) is 0. The summed E-state index contributed by atoms with van der Waals surface area (Å²) in [6.45, 7) is 0.629. The molecule has 122 valence electrons. The van der Waals surface area contributed by atoms with Gasteiger partial charge in [0.15, 0.2) is 11.5 Å². The monoisotopic (exact) mass is 308 g/mol. The van der Waals surface area contributed by atoms with E-state index in [4.69, 9.17) is 14.2 Å². The van der Waals surface area contributed by atoms with Crippen molar-refractivity contribution in [3.8, 4) is 11.5 Å². The molecule has 2 rings (SSSR count). The zero-order chi connectivity index (χ0) is 15.9. The third-order valence-corrected chi connectivity index (χ3v) is 4.24. The molecule has 1 aromatic rings. The van der Waals surface area contributed by atoms with E-state index >= 15 is 0 Å². The first-order chi connectivity index (χ1) is 10.7. The van der Waals surface area contributed by atoms with Gasteiger partial charge in [-0.1, -0.05) is 6.07 Å². The minimum Gasteiger partial charge on any atom is -0.493 e. The number of methoxy groups -OCH3 is 2. The number of hydrogen-bond donors (Lipinski definition) is 1. The molecule has 1 atom stereocenters. The Morgan fingerprint density at radius 1 is 1.27 bits per heavy atom. The third-order valence-electron chi connectivity index (χ3n) is 4.24. The molecule has 0 heterocycles. The van der Waals surface area contributed by atoms with E-state index in [1.54, 1.807) is 7.11 Å². The molecule has 0 saturated heterocycles. The highest BCUT2D eigenvalue weighted by Gasteiger charge is 2.22. The van der Waals surface area contributed by atoms with Crippen molar-refractivity contribution in [3.05, 3.63) is 23.8 Å². The summed E-state index contributed by atoms with van der Waals surface area (Å²) in [5.74, 6) is 1.30. The molecule has 1 saturated carbocycles. The second-order valence-electron chi connectivity index (χ2n) is 5.70. The Balaban J connectivity index is 2.18. The quantitative estimate of drug-likeness (QED) is 0.781. The van der Waals surface area contributed by atoms with Gasteiger partial charge < -0.3 is 19.9 Å². The molecule has 1 aliphatic carbocycles. The molecule has 1 aromatic carbocycles. The van der Waals surface area contributed by atoms with Gasteiger partial charge >= 0.3 is 5.97 Å². The molecule has 0 spiro atoms. The lowest BCUT2D eigenvalue weighted by Crippen LogP contribution is -2.53. The molecule has 22 heavy (non-hydrogen) atoms. The average molecular weight is 308 g/mol. The number of rotatable bonds is 7. The smallest absolute Gasteiger partial charge is 0.306 e. The fourth-order valence-electron chi connectivity index (χ4n) is 2.90. The largest absolute Gasteiger partial charge is 0.493 e. The normalized spacial score (nSPS) is 16.3. The number of carbonyl (C=O) groups is 1. The fraction of sp³-hybridized carbons (Fsp3) is 0.588. The van der Waals surface area contributed by atoms with E-state index in [1.807, 2.05) is 18.2 Å². The molecule has 3 N–H and O–H groups in total. The van der Waals surface area contributed by atoms with Crippen molar-refractivity contribution in [2.45, 2.75) is 44.1 Å². The first-order valence-electron chi connectivity index (χ1n) is 7.88. The van der Waals surface area contributed by atoms with E-state index in [9.17, 15) is 4.79 Å². The summed E-state index contributed by atoms with van der Waals surface area (Å²) in [4.78, 5) is 11.5. The Labute approximate surface area is 131 Å². The summed E-state index contributed by atoms with van der Waals surface area (Å²) < 4.78 is 16.3. The lowest BCUT2D eigenvalue weighted by molar-refractivity contribution is -0.372. The van der Waals surface area contributed by atoms with Gasteiger partial charge in [0.25, 0.3) is 0 Å². The molecule has 5 heteroatoms. The molecular formula is C17H26NO4+. The van der Waals surface area contributed by atoms with Crippen molar-refractivity contribution in [3.63, 3.8) is 0 Å². The van der Waals surface area contributed by atoms with Crippen LogP contribution in [-0.4, -0.2) is 32.8 Å². The molecule has 0 unspecified atom stereocenters. The van der Waals surface area contributed by atoms with Gasteiger partial charge in [0, 0.05) is 5.92 Å². The van der Waals surface area contributed by atoms with Crippen LogP contribution in [0.25, 0.3) is 0 Å². The van der Waals surface area contributed by atoms with E-state index in [1.165, 1.54) is 20.0 Å². The summed E-state index contributed by atoms with van der Waals surface area (Å²) in [6, 6.07) is 5.86. The van der Waals surface area contributed by atoms with Gasteiger partial charge in [0.05, 0.1) is 33.3 Å². The van der Waals surface area contributed by atoms with Crippen molar-refractivity contribution in [1.29, 1.82) is 0 Å². The van der Waals surface area contributed by atoms with E-state index in [2.05, 4.69) is 5.73 Å². The van der Waals surface area contributed by atoms with Gasteiger partial charge in [-0.3, -0.25) is 4.79 Å². The summed E-state index contributed by atoms with van der Waals surface area (Å²) in [5.41, 5.74) is 4.98. The van der Waals surface area contributed by atoms with Crippen molar-refractivity contribution in [2.75, 3.05) is 20.8 Å². The van der Waals surface area contributed by atoms with Crippen LogP contribution in [0.2, 0.25) is 0 Å². The summed E-state index contributed by atoms with van der Waals surface area (Å²) in [6.07, 6.45) is 5.22. The molecule has 1 aliphatic rings. The summed E-state index contributed by atoms with van der Waals surface area (Å²) in [7, 11) is 3.05. The van der Waals surface area contributed by atoms with Crippen molar-refractivity contribution >= 4 is 5.97 Å². The molecule has 0 aliphatic heterocycles. The Morgan fingerprint density at radius 3 is 2.59 bits per heavy atom. The molecule has 0 aromatic heterocycles. The molecular weight excluding hydrogens is 282 g/mol. The van der Waals surface area contributed by atoms with Crippen molar-refractivity contribution in [1.82, 2.24) is 0 Å². The second kappa shape index (κ2) is 8.03. The molecule has 1 fully saturated rings. The standard InChI is InChI=1S/C17H25NO4/c1-20-15-8-7-12(13(11-18)10-17(19)21-2)9-16(15)22-14-5-3-4-6-14/h7-9,13-14H,3-6,10-11,18H2,1-2H3/p+1/t13-/m1/s1. The fourth-order valence-corrected chi connectivity index (χ4v) is 2.90. The van der Waals surface area contributed by atoms with Crippen LogP contribution in [0, 0.1) is 0 Å². The third kappa shape index (κ3) is 4.13. The van der Waals surface area contributed by atoms with Gasteiger partial charge in [-0.05, 0) is 43.4 Å². The number of esters is 1. The van der Waals surface area contributed by atoms with Crippen LogP contribution in [0.15, 0.2) is 18.2 Å². The maximum atomic E-state index is 11.5. The lowest BCUT2D eigenvalue weighted by Gasteiger charge is -2.19. The minimum atomic E-state index is -0.220. The molecule has 0 amide bonds. The van der Waals surface area contributed by atoms with Gasteiger partial charge in [-0.25, -0.2) is 0 Å². The number of benzene rings is 1. The van der Waals surface area contributed by atoms with Crippen LogP contribution in [0.1, 0.15) is 43.6 Å². The Kier molecular flexibility index (Phi) is 6.07. The predicted octanol–water partition coefficient (Wildman–Crippen LogP) is 1.91. The van der Waals surface area contributed by atoms with E-state index in [-0.39, 0.29) is 18.0 Å². The Hall–Kier alpha value is -1.75. The van der Waals surface area contributed by atoms with Crippen LogP contribution in [0.3, 0.4) is 0 Å². The highest BCUT2D eigenvalue weighted by atomic mass is 16.5. The number of carbonyl (C=O) groups excluding carboxylic acids is 1. The van der Waals surface area contributed by atoms with E-state index in [0.717, 1.165) is 29.9 Å². The first kappa shape index (κ1) is 16.6. The van der Waals surface area contributed by atoms with Crippen LogP contribution >= 0.6 is 0 Å². The molecule has 0 bridgehead atoms. The van der Waals surface area contributed by atoms with Crippen LogP contribution in [0.5, 0.6) is 11.5 Å². The number of ether oxygens (including phenoxy) is 3. The SMILES string of the molecule is COC(=O)C[C@H](C[NH3+])c1ccc(OC)c(OC2CCCC2)c1. The van der Waals surface area contributed by atoms with E-state index < -0.39 is 0 Å². The minimum absolute atomic E-state index is 0.0317. The summed E-state index contributed by atoms with van der Waals surface area (Å²) >= 11 is 0. The van der Waals surface area contributed by atoms with Crippen molar-refractivity contribution in [2.24, 2.45) is 0 Å². The van der Waals surface area contributed by atoms with Gasteiger partial charge in [-0.2, -0.15) is 0 Å². The average Bonchev–Trinajstić information content (AvgIpc) is 3.05. The Bertz CT molecular complexity index is 497. The Morgan fingerprint density at radius 2 is 2.00 bits per heavy atom. The van der Waals surface area contributed by atoms with Crippen LogP contribution in [-0.2, 0) is 9.53 Å². The van der Waals surface area contributed by atoms with Gasteiger partial charge in [0.1, 0.15) is 0 Å². The first-order valence-corrected chi connectivity index (χ1v) is 7.88. The highest BCUT2D eigenvalue weighted by molar-refractivity contribution is 5.70. The lowest BCUT2D eigenvalue weighted by atomic mass is 9.95. The zero-order valence-corrected chi connectivity index (χ0v) is 13.5. The second-order valence-corrected chi connectivity index (χ2v) is 5.70. The number of quaternary nitrogens is 1. The van der Waals surface area contributed by atoms with Crippen LogP contribution in [0.4, 0.5) is 0 Å². The predicted molar refractivity (Wildman–Crippen MR) is 83.0 cm³/mol. The highest BCUT2D eigenvalue weighted by Crippen LogP contribution is 2.34. The molecule has 0 radical (unpaired) electrons. The van der Waals surface area contributed by atoms with Crippen molar-refractivity contribution < 1.29 is 24.7 Å². The topological polar surface area (TPSA) is 72.4 Å². The zero-order valence-electron chi connectivity index (χ0n) is 13.5. The number of hydrogen-bond acceptors (Lipinski definition) is 4. The van der Waals surface area contributed by atoms with Gasteiger partial charge in [0.2, 0.25) is 0 Å². The van der Waals surface area contributed by atoms with Crippen LogP contribution < -0.4 is 15.2 Å².